The van der Waals surface area contributed by atoms with Crippen LogP contribution in [0.3, 0.4) is 0 Å². The second-order valence-corrected chi connectivity index (χ2v) is 4.54. The van der Waals surface area contributed by atoms with Crippen LogP contribution in [0.15, 0.2) is 30.3 Å². The van der Waals surface area contributed by atoms with E-state index < -0.39 is 17.5 Å². The number of aliphatic hydroxyl groups is 1. The summed E-state index contributed by atoms with van der Waals surface area (Å²) in [5.41, 5.74) is -1.44. The Balaban J connectivity index is 2.47. The van der Waals surface area contributed by atoms with E-state index in [4.69, 9.17) is 0 Å². The number of esters is 1. The first kappa shape index (κ1) is 12.8. The van der Waals surface area contributed by atoms with Gasteiger partial charge in [0.2, 0.25) is 0 Å². The van der Waals surface area contributed by atoms with Gasteiger partial charge in [0.15, 0.2) is 5.60 Å². The van der Waals surface area contributed by atoms with Crippen LogP contribution in [0.5, 0.6) is 0 Å². The van der Waals surface area contributed by atoms with Crippen molar-refractivity contribution < 1.29 is 19.4 Å². The van der Waals surface area contributed by atoms with E-state index in [0.717, 1.165) is 0 Å². The molecule has 4 nitrogen and oxygen atoms in total. The largest absolute Gasteiger partial charge is 0.467 e. The Labute approximate surface area is 106 Å². The molecule has 0 radical (unpaired) electrons. The van der Waals surface area contributed by atoms with Crippen LogP contribution in [0.2, 0.25) is 0 Å². The SMILES string of the molecule is COC(=O)C(O)(c1ccccc1)C1CCCC1=O. The number of rotatable bonds is 3. The van der Waals surface area contributed by atoms with E-state index in [9.17, 15) is 14.7 Å². The topological polar surface area (TPSA) is 63.6 Å². The van der Waals surface area contributed by atoms with E-state index in [-0.39, 0.29) is 5.78 Å². The molecule has 2 rings (SSSR count). The first-order valence-corrected chi connectivity index (χ1v) is 5.99. The molecule has 1 fully saturated rings. The minimum Gasteiger partial charge on any atom is -0.467 e. The number of Topliss-reactive ketones (excluding diaryl/α,β-unsaturated/α-hetero) is 1. The van der Waals surface area contributed by atoms with Crippen LogP contribution in [0.4, 0.5) is 0 Å². The fourth-order valence-corrected chi connectivity index (χ4v) is 2.57. The van der Waals surface area contributed by atoms with Crippen molar-refractivity contribution in [2.45, 2.75) is 24.9 Å². The molecule has 0 heterocycles. The van der Waals surface area contributed by atoms with Crippen molar-refractivity contribution in [2.24, 2.45) is 5.92 Å². The van der Waals surface area contributed by atoms with Crippen molar-refractivity contribution >= 4 is 11.8 Å². The average molecular weight is 248 g/mol. The minimum absolute atomic E-state index is 0.0771. The van der Waals surface area contributed by atoms with Crippen molar-refractivity contribution in [1.82, 2.24) is 0 Å². The van der Waals surface area contributed by atoms with Gasteiger partial charge in [-0.25, -0.2) is 4.79 Å². The van der Waals surface area contributed by atoms with E-state index >= 15 is 0 Å². The standard InChI is InChI=1S/C14H16O4/c1-18-13(16)14(17,10-6-3-2-4-7-10)11-8-5-9-12(11)15/h2-4,6-7,11,17H,5,8-9H2,1H3. The molecule has 2 unspecified atom stereocenters. The third-order valence-electron chi connectivity index (χ3n) is 3.52. The molecule has 1 aromatic rings. The molecule has 0 spiro atoms. The fourth-order valence-electron chi connectivity index (χ4n) is 2.57. The number of benzene rings is 1. The molecule has 1 aromatic carbocycles. The van der Waals surface area contributed by atoms with Gasteiger partial charge in [0, 0.05) is 6.42 Å². The number of carbonyl (C=O) groups excluding carboxylic acids is 2. The molecule has 0 saturated heterocycles. The van der Waals surface area contributed by atoms with Crippen LogP contribution in [0, 0.1) is 5.92 Å². The van der Waals surface area contributed by atoms with E-state index in [1.165, 1.54) is 7.11 Å². The summed E-state index contributed by atoms with van der Waals surface area (Å²) < 4.78 is 4.69. The zero-order chi connectivity index (χ0) is 13.2. The number of ketones is 1. The fraction of sp³-hybridized carbons (Fsp3) is 0.429. The molecule has 0 bridgehead atoms. The molecule has 1 N–H and O–H groups in total. The number of carbonyl (C=O) groups is 2. The van der Waals surface area contributed by atoms with Gasteiger partial charge < -0.3 is 9.84 Å². The smallest absolute Gasteiger partial charge is 0.343 e. The Hall–Kier alpha value is -1.68. The van der Waals surface area contributed by atoms with Crippen molar-refractivity contribution in [1.29, 1.82) is 0 Å². The lowest BCUT2D eigenvalue weighted by molar-refractivity contribution is -0.172. The van der Waals surface area contributed by atoms with Crippen molar-refractivity contribution in [3.05, 3.63) is 35.9 Å². The predicted octanol–water partition coefficient (Wildman–Crippen LogP) is 1.42. The van der Waals surface area contributed by atoms with Crippen LogP contribution in [0.1, 0.15) is 24.8 Å². The van der Waals surface area contributed by atoms with Crippen molar-refractivity contribution in [3.8, 4) is 0 Å². The van der Waals surface area contributed by atoms with Gasteiger partial charge in [-0.05, 0) is 18.4 Å². The lowest BCUT2D eigenvalue weighted by Gasteiger charge is -2.30. The molecular formula is C14H16O4. The monoisotopic (exact) mass is 248 g/mol. The second kappa shape index (κ2) is 4.90. The Bertz CT molecular complexity index is 454. The zero-order valence-electron chi connectivity index (χ0n) is 10.3. The summed E-state index contributed by atoms with van der Waals surface area (Å²) in [6.07, 6.45) is 1.63. The first-order valence-electron chi connectivity index (χ1n) is 5.99. The quantitative estimate of drug-likeness (QED) is 0.822. The van der Waals surface area contributed by atoms with E-state index in [0.29, 0.717) is 24.8 Å². The van der Waals surface area contributed by atoms with Crippen LogP contribution in [-0.2, 0) is 19.9 Å². The second-order valence-electron chi connectivity index (χ2n) is 4.54. The average Bonchev–Trinajstić information content (AvgIpc) is 2.84. The summed E-state index contributed by atoms with van der Waals surface area (Å²) in [5.74, 6) is -1.55. The Morgan fingerprint density at radius 2 is 2.06 bits per heavy atom. The molecule has 1 aliphatic carbocycles. The van der Waals surface area contributed by atoms with Crippen LogP contribution >= 0.6 is 0 Å². The highest BCUT2D eigenvalue weighted by Gasteiger charge is 2.51. The van der Waals surface area contributed by atoms with Crippen LogP contribution < -0.4 is 0 Å². The van der Waals surface area contributed by atoms with Gasteiger partial charge in [0.25, 0.3) is 0 Å². The maximum absolute atomic E-state index is 11.9. The number of ether oxygens (including phenoxy) is 1. The summed E-state index contributed by atoms with van der Waals surface area (Å²) in [6, 6.07) is 8.52. The molecular weight excluding hydrogens is 232 g/mol. The summed E-state index contributed by atoms with van der Waals surface area (Å²) in [6.45, 7) is 0. The van der Waals surface area contributed by atoms with Crippen molar-refractivity contribution in [3.63, 3.8) is 0 Å². The molecule has 0 aromatic heterocycles. The highest BCUT2D eigenvalue weighted by Crippen LogP contribution is 2.39. The zero-order valence-corrected chi connectivity index (χ0v) is 10.3. The van der Waals surface area contributed by atoms with Gasteiger partial charge in [-0.15, -0.1) is 0 Å². The number of hydrogen-bond donors (Lipinski definition) is 1. The van der Waals surface area contributed by atoms with Gasteiger partial charge in [-0.3, -0.25) is 4.79 Å². The normalized spacial score (nSPS) is 22.6. The van der Waals surface area contributed by atoms with Crippen LogP contribution in [-0.4, -0.2) is 24.0 Å². The highest BCUT2D eigenvalue weighted by molar-refractivity contribution is 5.92. The Kier molecular flexibility index (Phi) is 3.48. The lowest BCUT2D eigenvalue weighted by Crippen LogP contribution is -2.45. The Morgan fingerprint density at radius 1 is 1.39 bits per heavy atom. The summed E-state index contributed by atoms with van der Waals surface area (Å²) >= 11 is 0. The third-order valence-corrected chi connectivity index (χ3v) is 3.52. The molecule has 18 heavy (non-hydrogen) atoms. The molecule has 96 valence electrons. The summed E-state index contributed by atoms with van der Waals surface area (Å²) in [5, 5.41) is 10.7. The predicted molar refractivity (Wildman–Crippen MR) is 64.7 cm³/mol. The molecule has 1 saturated carbocycles. The van der Waals surface area contributed by atoms with Gasteiger partial charge in [-0.1, -0.05) is 30.3 Å². The van der Waals surface area contributed by atoms with E-state index in [1.54, 1.807) is 30.3 Å². The van der Waals surface area contributed by atoms with E-state index in [1.807, 2.05) is 0 Å². The summed E-state index contributed by atoms with van der Waals surface area (Å²) in [7, 11) is 1.22. The third kappa shape index (κ3) is 1.93. The maximum atomic E-state index is 11.9. The molecule has 2 atom stereocenters. The minimum atomic E-state index is -1.86. The summed E-state index contributed by atoms with van der Waals surface area (Å²) in [4.78, 5) is 23.8. The van der Waals surface area contributed by atoms with Crippen LogP contribution in [0.25, 0.3) is 0 Å². The van der Waals surface area contributed by atoms with Crippen molar-refractivity contribution in [2.75, 3.05) is 7.11 Å². The maximum Gasteiger partial charge on any atom is 0.343 e. The highest BCUT2D eigenvalue weighted by atomic mass is 16.5. The Morgan fingerprint density at radius 3 is 2.56 bits per heavy atom. The molecule has 0 amide bonds. The van der Waals surface area contributed by atoms with Gasteiger partial charge in [0.05, 0.1) is 13.0 Å². The molecule has 1 aliphatic rings. The van der Waals surface area contributed by atoms with Gasteiger partial charge in [-0.2, -0.15) is 0 Å². The molecule has 4 heteroatoms. The van der Waals surface area contributed by atoms with Gasteiger partial charge in [0.1, 0.15) is 5.78 Å². The number of hydrogen-bond acceptors (Lipinski definition) is 4. The first-order chi connectivity index (χ1) is 8.60. The number of methoxy groups -OCH3 is 1. The van der Waals surface area contributed by atoms with E-state index in [2.05, 4.69) is 4.74 Å². The lowest BCUT2D eigenvalue weighted by atomic mass is 9.79. The van der Waals surface area contributed by atoms with Gasteiger partial charge >= 0.3 is 5.97 Å². The molecule has 0 aliphatic heterocycles.